The van der Waals surface area contributed by atoms with Gasteiger partial charge in [-0.05, 0) is 59.5 Å². The summed E-state index contributed by atoms with van der Waals surface area (Å²) in [6, 6.07) is 15.2. The Labute approximate surface area is 164 Å². The molecule has 2 aromatic carbocycles. The summed E-state index contributed by atoms with van der Waals surface area (Å²) in [5, 5.41) is 14.6. The maximum Gasteiger partial charge on any atom is 0.257 e. The van der Waals surface area contributed by atoms with Gasteiger partial charge in [0, 0.05) is 19.4 Å². The fourth-order valence-corrected chi connectivity index (χ4v) is 2.76. The van der Waals surface area contributed by atoms with Crippen LogP contribution in [0.25, 0.3) is 10.8 Å². The molecule has 0 spiro atoms. The summed E-state index contributed by atoms with van der Waals surface area (Å²) >= 11 is 0. The van der Waals surface area contributed by atoms with E-state index in [0.29, 0.717) is 17.9 Å². The lowest BCUT2D eigenvalue weighted by molar-refractivity contribution is -0.122. The van der Waals surface area contributed by atoms with E-state index in [1.807, 2.05) is 54.7 Å². The fourth-order valence-electron chi connectivity index (χ4n) is 2.76. The van der Waals surface area contributed by atoms with Crippen LogP contribution in [0.5, 0.6) is 11.5 Å². The average Bonchev–Trinajstić information content (AvgIpc) is 2.75. The molecule has 146 valence electrons. The van der Waals surface area contributed by atoms with E-state index in [2.05, 4.69) is 10.3 Å². The van der Waals surface area contributed by atoms with Crippen molar-refractivity contribution in [1.82, 2.24) is 10.3 Å². The number of pyridine rings is 1. The lowest BCUT2D eigenvalue weighted by atomic mass is 10.1. The number of nitrogens with zero attached hydrogens (tertiary/aromatic N) is 1. The monoisotopic (exact) mass is 380 g/mol. The lowest BCUT2D eigenvalue weighted by Gasteiger charge is -2.13. The van der Waals surface area contributed by atoms with Crippen molar-refractivity contribution in [3.05, 3.63) is 66.5 Å². The fraction of sp³-hybridized carbons (Fsp3) is 0.273. The van der Waals surface area contributed by atoms with Crippen molar-refractivity contribution in [2.45, 2.75) is 18.9 Å². The van der Waals surface area contributed by atoms with E-state index in [9.17, 15) is 9.90 Å². The molecule has 0 aliphatic carbocycles. The molecule has 0 bridgehead atoms. The first kappa shape index (κ1) is 19.6. The van der Waals surface area contributed by atoms with Gasteiger partial charge in [0.2, 0.25) is 0 Å². The average molecular weight is 380 g/mol. The van der Waals surface area contributed by atoms with E-state index in [0.717, 1.165) is 22.8 Å². The van der Waals surface area contributed by atoms with Gasteiger partial charge in [0.25, 0.3) is 5.91 Å². The van der Waals surface area contributed by atoms with Crippen molar-refractivity contribution in [2.24, 2.45) is 0 Å². The van der Waals surface area contributed by atoms with Gasteiger partial charge in [0.05, 0.1) is 6.10 Å². The third kappa shape index (κ3) is 5.69. The number of carbonyl (C=O) groups excluding carboxylic acids is 1. The molecule has 0 saturated heterocycles. The maximum absolute atomic E-state index is 11.3. The van der Waals surface area contributed by atoms with Crippen LogP contribution in [0.2, 0.25) is 0 Å². The van der Waals surface area contributed by atoms with Gasteiger partial charge >= 0.3 is 0 Å². The van der Waals surface area contributed by atoms with E-state index in [1.165, 1.54) is 0 Å². The van der Waals surface area contributed by atoms with E-state index in [1.54, 1.807) is 13.2 Å². The minimum Gasteiger partial charge on any atom is -0.491 e. The van der Waals surface area contributed by atoms with Gasteiger partial charge in [-0.25, -0.2) is 0 Å². The van der Waals surface area contributed by atoms with Gasteiger partial charge in [-0.3, -0.25) is 9.78 Å². The Balaban J connectivity index is 1.53. The largest absolute Gasteiger partial charge is 0.491 e. The highest BCUT2D eigenvalue weighted by atomic mass is 16.5. The standard InChI is InChI=1S/C22H24N2O4/c1-23-22(26)15-28-21-9-6-17-11-20(8-5-18(17)12-21)27-14-19(25)7-4-16-3-2-10-24-13-16/h2-3,5-6,8-13,19,25H,4,7,14-15H2,1H3,(H,23,26)/t19-/m1/s1. The third-order valence-corrected chi connectivity index (χ3v) is 4.36. The summed E-state index contributed by atoms with van der Waals surface area (Å²) in [5.74, 6) is 1.16. The number of hydrogen-bond donors (Lipinski definition) is 2. The van der Waals surface area contributed by atoms with Crippen LogP contribution in [-0.4, -0.2) is 42.4 Å². The molecule has 0 fully saturated rings. The Morgan fingerprint density at radius 3 is 2.46 bits per heavy atom. The Morgan fingerprint density at radius 1 is 1.11 bits per heavy atom. The van der Waals surface area contributed by atoms with E-state index >= 15 is 0 Å². The molecule has 3 rings (SSSR count). The van der Waals surface area contributed by atoms with Crippen LogP contribution >= 0.6 is 0 Å². The molecule has 0 aliphatic heterocycles. The van der Waals surface area contributed by atoms with Gasteiger partial charge < -0.3 is 19.9 Å². The smallest absolute Gasteiger partial charge is 0.257 e. The predicted molar refractivity (Wildman–Crippen MR) is 108 cm³/mol. The molecule has 1 aromatic heterocycles. The molecule has 1 amide bonds. The first-order valence-corrected chi connectivity index (χ1v) is 9.21. The summed E-state index contributed by atoms with van der Waals surface area (Å²) in [6.45, 7) is 0.221. The van der Waals surface area contributed by atoms with Crippen LogP contribution in [0.15, 0.2) is 60.9 Å². The minimum absolute atomic E-state index is 0.0138. The van der Waals surface area contributed by atoms with Crippen LogP contribution in [0.4, 0.5) is 0 Å². The van der Waals surface area contributed by atoms with Crippen molar-refractivity contribution in [1.29, 1.82) is 0 Å². The summed E-state index contributed by atoms with van der Waals surface area (Å²) in [5.41, 5.74) is 1.10. The molecule has 0 saturated carbocycles. The Bertz CT molecular complexity index is 915. The van der Waals surface area contributed by atoms with Gasteiger partial charge in [0.1, 0.15) is 18.1 Å². The van der Waals surface area contributed by atoms with Crippen LogP contribution in [0.1, 0.15) is 12.0 Å². The van der Waals surface area contributed by atoms with Gasteiger partial charge in [-0.2, -0.15) is 0 Å². The van der Waals surface area contributed by atoms with Crippen LogP contribution in [-0.2, 0) is 11.2 Å². The number of aliphatic hydroxyl groups is 1. The highest BCUT2D eigenvalue weighted by Gasteiger charge is 2.07. The van der Waals surface area contributed by atoms with Gasteiger partial charge in [-0.1, -0.05) is 18.2 Å². The Hall–Kier alpha value is -3.12. The highest BCUT2D eigenvalue weighted by molar-refractivity contribution is 5.85. The molecule has 6 heteroatoms. The molecule has 6 nitrogen and oxygen atoms in total. The number of aryl methyl sites for hydroxylation is 1. The lowest BCUT2D eigenvalue weighted by Crippen LogP contribution is -2.24. The van der Waals surface area contributed by atoms with E-state index in [4.69, 9.17) is 9.47 Å². The zero-order valence-corrected chi connectivity index (χ0v) is 15.8. The maximum atomic E-state index is 11.3. The number of aliphatic hydroxyl groups excluding tert-OH is 1. The molecule has 28 heavy (non-hydrogen) atoms. The number of fused-ring (bicyclic) bond motifs is 1. The first-order valence-electron chi connectivity index (χ1n) is 9.21. The van der Waals surface area contributed by atoms with Crippen molar-refractivity contribution < 1.29 is 19.4 Å². The minimum atomic E-state index is -0.545. The van der Waals surface area contributed by atoms with Crippen molar-refractivity contribution >= 4 is 16.7 Å². The number of ether oxygens (including phenoxy) is 2. The van der Waals surface area contributed by atoms with Crippen LogP contribution in [0, 0.1) is 0 Å². The topological polar surface area (TPSA) is 80.7 Å². The number of hydrogen-bond acceptors (Lipinski definition) is 5. The number of amides is 1. The van der Waals surface area contributed by atoms with Crippen LogP contribution < -0.4 is 14.8 Å². The summed E-state index contributed by atoms with van der Waals surface area (Å²) in [6.07, 6.45) is 4.38. The number of likely N-dealkylation sites (N-methyl/N-ethyl adjacent to an activating group) is 1. The molecule has 1 heterocycles. The normalized spacial score (nSPS) is 11.8. The molecule has 2 N–H and O–H groups in total. The molecule has 1 atom stereocenters. The van der Waals surface area contributed by atoms with E-state index in [-0.39, 0.29) is 19.1 Å². The molecule has 0 unspecified atom stereocenters. The molecule has 0 aliphatic rings. The van der Waals surface area contributed by atoms with Crippen LogP contribution in [0.3, 0.4) is 0 Å². The molecule has 0 radical (unpaired) electrons. The van der Waals surface area contributed by atoms with Crippen molar-refractivity contribution in [3.8, 4) is 11.5 Å². The van der Waals surface area contributed by atoms with Crippen molar-refractivity contribution in [2.75, 3.05) is 20.3 Å². The molecule has 3 aromatic rings. The Kier molecular flexibility index (Phi) is 6.81. The highest BCUT2D eigenvalue weighted by Crippen LogP contribution is 2.25. The quantitative estimate of drug-likeness (QED) is 0.597. The second-order valence-electron chi connectivity index (χ2n) is 6.50. The number of benzene rings is 2. The van der Waals surface area contributed by atoms with E-state index < -0.39 is 6.10 Å². The van der Waals surface area contributed by atoms with Crippen molar-refractivity contribution in [3.63, 3.8) is 0 Å². The summed E-state index contributed by atoms with van der Waals surface area (Å²) < 4.78 is 11.2. The summed E-state index contributed by atoms with van der Waals surface area (Å²) in [7, 11) is 1.57. The second-order valence-corrected chi connectivity index (χ2v) is 6.50. The number of aromatic nitrogens is 1. The number of nitrogens with one attached hydrogen (secondary N) is 1. The molecular formula is C22H24N2O4. The third-order valence-electron chi connectivity index (χ3n) is 4.36. The second kappa shape index (κ2) is 9.71. The first-order chi connectivity index (χ1) is 13.6. The van der Waals surface area contributed by atoms with Gasteiger partial charge in [0.15, 0.2) is 6.61 Å². The number of rotatable bonds is 9. The zero-order chi connectivity index (χ0) is 19.8. The van der Waals surface area contributed by atoms with Gasteiger partial charge in [-0.15, -0.1) is 0 Å². The summed E-state index contributed by atoms with van der Waals surface area (Å²) in [4.78, 5) is 15.3. The zero-order valence-electron chi connectivity index (χ0n) is 15.8. The Morgan fingerprint density at radius 2 is 1.82 bits per heavy atom. The SMILES string of the molecule is CNC(=O)COc1ccc2cc(OC[C@H](O)CCc3cccnc3)ccc2c1. The predicted octanol–water partition coefficient (Wildman–Crippen LogP) is 2.73. The number of carbonyl (C=O) groups is 1. The molecular weight excluding hydrogens is 356 g/mol.